The molecular formula is C11H14N4O. The van der Waals surface area contributed by atoms with Crippen LogP contribution in [0.4, 0.5) is 0 Å². The van der Waals surface area contributed by atoms with E-state index in [0.717, 1.165) is 5.56 Å². The van der Waals surface area contributed by atoms with Gasteiger partial charge in [0.1, 0.15) is 5.84 Å². The summed E-state index contributed by atoms with van der Waals surface area (Å²) in [7, 11) is 3.46. The molecule has 1 aromatic rings. The van der Waals surface area contributed by atoms with Gasteiger partial charge in [0.25, 0.3) is 0 Å². The Morgan fingerprint density at radius 1 is 1.62 bits per heavy atom. The Morgan fingerprint density at radius 3 is 2.88 bits per heavy atom. The van der Waals surface area contributed by atoms with Crippen molar-refractivity contribution in [2.45, 2.75) is 13.5 Å². The van der Waals surface area contributed by atoms with Gasteiger partial charge in [-0.3, -0.25) is 0 Å². The number of hydrogen-bond acceptors (Lipinski definition) is 4. The summed E-state index contributed by atoms with van der Waals surface area (Å²) in [5.41, 5.74) is 1.04. The maximum absolute atomic E-state index is 8.43. The van der Waals surface area contributed by atoms with Crippen molar-refractivity contribution in [2.24, 2.45) is 4.99 Å². The number of aromatic nitrogens is 1. The normalized spacial score (nSPS) is 10.8. The van der Waals surface area contributed by atoms with Crippen LogP contribution in [0.15, 0.2) is 23.3 Å². The van der Waals surface area contributed by atoms with E-state index in [1.165, 1.54) is 0 Å². The SMILES string of the molecule is COc1ccc(CN(C)C(C)=NC#N)cn1. The Balaban J connectivity index is 2.67. The van der Waals surface area contributed by atoms with Crippen molar-refractivity contribution in [3.05, 3.63) is 23.9 Å². The van der Waals surface area contributed by atoms with E-state index in [-0.39, 0.29) is 0 Å². The van der Waals surface area contributed by atoms with E-state index >= 15 is 0 Å². The third-order valence-electron chi connectivity index (χ3n) is 2.19. The van der Waals surface area contributed by atoms with Gasteiger partial charge in [0, 0.05) is 25.9 Å². The number of methoxy groups -OCH3 is 1. The molecule has 84 valence electrons. The van der Waals surface area contributed by atoms with E-state index in [9.17, 15) is 0 Å². The molecule has 0 radical (unpaired) electrons. The summed E-state index contributed by atoms with van der Waals surface area (Å²) in [6, 6.07) is 3.74. The van der Waals surface area contributed by atoms with Crippen molar-refractivity contribution in [1.82, 2.24) is 9.88 Å². The number of nitrogens with zero attached hydrogens (tertiary/aromatic N) is 4. The van der Waals surface area contributed by atoms with Crippen LogP contribution >= 0.6 is 0 Å². The Kier molecular flexibility index (Phi) is 4.28. The monoisotopic (exact) mass is 218 g/mol. The summed E-state index contributed by atoms with van der Waals surface area (Å²) in [6.07, 6.45) is 3.51. The van der Waals surface area contributed by atoms with Gasteiger partial charge in [-0.05, 0) is 12.5 Å². The summed E-state index contributed by atoms with van der Waals surface area (Å²) < 4.78 is 4.97. The van der Waals surface area contributed by atoms with Gasteiger partial charge in [-0.1, -0.05) is 6.07 Å². The van der Waals surface area contributed by atoms with Gasteiger partial charge >= 0.3 is 0 Å². The highest BCUT2D eigenvalue weighted by Gasteiger charge is 2.02. The van der Waals surface area contributed by atoms with Crippen molar-refractivity contribution in [1.29, 1.82) is 5.26 Å². The van der Waals surface area contributed by atoms with E-state index in [1.54, 1.807) is 32.5 Å². The molecule has 0 spiro atoms. The number of hydrogen-bond donors (Lipinski definition) is 0. The van der Waals surface area contributed by atoms with Crippen LogP contribution in [0.3, 0.4) is 0 Å². The molecule has 0 bridgehead atoms. The van der Waals surface area contributed by atoms with Crippen LogP contribution in [-0.4, -0.2) is 29.9 Å². The first-order valence-corrected chi connectivity index (χ1v) is 4.80. The molecule has 0 atom stereocenters. The van der Waals surface area contributed by atoms with Crippen LogP contribution in [-0.2, 0) is 6.54 Å². The summed E-state index contributed by atoms with van der Waals surface area (Å²) in [6.45, 7) is 2.45. The second-order valence-electron chi connectivity index (χ2n) is 3.32. The van der Waals surface area contributed by atoms with Crippen LogP contribution in [0, 0.1) is 11.5 Å². The second kappa shape index (κ2) is 5.71. The number of ether oxygens (including phenoxy) is 1. The van der Waals surface area contributed by atoms with Crippen LogP contribution < -0.4 is 4.74 Å². The standard InChI is InChI=1S/C11H14N4O/c1-9(14-8-12)15(2)7-10-4-5-11(16-3)13-6-10/h4-6H,7H2,1-3H3. The van der Waals surface area contributed by atoms with Gasteiger partial charge in [0.15, 0.2) is 0 Å². The average molecular weight is 218 g/mol. The van der Waals surface area contributed by atoms with Crippen LogP contribution in [0.1, 0.15) is 12.5 Å². The molecule has 0 aliphatic rings. The highest BCUT2D eigenvalue weighted by atomic mass is 16.5. The van der Waals surface area contributed by atoms with Crippen LogP contribution in [0.25, 0.3) is 0 Å². The largest absolute Gasteiger partial charge is 0.481 e. The van der Waals surface area contributed by atoms with Crippen LogP contribution in [0.5, 0.6) is 5.88 Å². The number of nitriles is 1. The van der Waals surface area contributed by atoms with E-state index in [1.807, 2.05) is 18.0 Å². The van der Waals surface area contributed by atoms with Gasteiger partial charge in [-0.25, -0.2) is 4.98 Å². The van der Waals surface area contributed by atoms with Crippen LogP contribution in [0.2, 0.25) is 0 Å². The van der Waals surface area contributed by atoms with E-state index in [0.29, 0.717) is 18.3 Å². The minimum atomic E-state index is 0.591. The maximum Gasteiger partial charge on any atom is 0.212 e. The molecular weight excluding hydrogens is 204 g/mol. The molecule has 5 nitrogen and oxygen atoms in total. The molecule has 0 aromatic carbocycles. The summed E-state index contributed by atoms with van der Waals surface area (Å²) >= 11 is 0. The molecule has 0 N–H and O–H groups in total. The zero-order valence-corrected chi connectivity index (χ0v) is 9.64. The Bertz CT molecular complexity index is 405. The van der Waals surface area contributed by atoms with Gasteiger partial charge < -0.3 is 9.64 Å². The Labute approximate surface area is 95.0 Å². The third kappa shape index (κ3) is 3.24. The first-order chi connectivity index (χ1) is 7.67. The molecule has 1 aromatic heterocycles. The molecule has 0 amide bonds. The summed E-state index contributed by atoms with van der Waals surface area (Å²) in [5.74, 6) is 1.27. The number of pyridine rings is 1. The Hall–Kier alpha value is -2.09. The quantitative estimate of drug-likeness (QED) is 0.437. The Morgan fingerprint density at radius 2 is 2.38 bits per heavy atom. The molecule has 0 saturated carbocycles. The zero-order chi connectivity index (χ0) is 12.0. The fourth-order valence-corrected chi connectivity index (χ4v) is 1.17. The highest BCUT2D eigenvalue weighted by Crippen LogP contribution is 2.08. The van der Waals surface area contributed by atoms with Crippen molar-refractivity contribution in [3.8, 4) is 12.1 Å². The van der Waals surface area contributed by atoms with Crippen molar-refractivity contribution < 1.29 is 4.74 Å². The average Bonchev–Trinajstić information content (AvgIpc) is 2.30. The molecule has 16 heavy (non-hydrogen) atoms. The fourth-order valence-electron chi connectivity index (χ4n) is 1.17. The fraction of sp³-hybridized carbons (Fsp3) is 0.364. The highest BCUT2D eigenvalue weighted by molar-refractivity contribution is 5.80. The lowest BCUT2D eigenvalue weighted by Crippen LogP contribution is -2.23. The van der Waals surface area contributed by atoms with E-state index in [2.05, 4.69) is 9.98 Å². The lowest BCUT2D eigenvalue weighted by atomic mass is 10.2. The van der Waals surface area contributed by atoms with E-state index in [4.69, 9.17) is 10.00 Å². The summed E-state index contributed by atoms with van der Waals surface area (Å²) in [4.78, 5) is 9.64. The molecule has 0 aliphatic heterocycles. The van der Waals surface area contributed by atoms with Gasteiger partial charge in [-0.2, -0.15) is 10.3 Å². The summed E-state index contributed by atoms with van der Waals surface area (Å²) in [5, 5.41) is 8.43. The maximum atomic E-state index is 8.43. The number of amidine groups is 1. The van der Waals surface area contributed by atoms with Crippen molar-refractivity contribution in [2.75, 3.05) is 14.2 Å². The minimum Gasteiger partial charge on any atom is -0.481 e. The lowest BCUT2D eigenvalue weighted by Gasteiger charge is -2.17. The van der Waals surface area contributed by atoms with Gasteiger partial charge in [0.05, 0.1) is 7.11 Å². The second-order valence-corrected chi connectivity index (χ2v) is 3.32. The van der Waals surface area contributed by atoms with Gasteiger partial charge in [0.2, 0.25) is 12.1 Å². The molecule has 0 aliphatic carbocycles. The van der Waals surface area contributed by atoms with Crippen molar-refractivity contribution in [3.63, 3.8) is 0 Å². The molecule has 0 fully saturated rings. The van der Waals surface area contributed by atoms with Gasteiger partial charge in [-0.15, -0.1) is 0 Å². The molecule has 5 heteroatoms. The number of rotatable bonds is 3. The zero-order valence-electron chi connectivity index (χ0n) is 9.64. The predicted molar refractivity (Wildman–Crippen MR) is 61.0 cm³/mol. The smallest absolute Gasteiger partial charge is 0.212 e. The first kappa shape index (κ1) is 12.0. The topological polar surface area (TPSA) is 61.5 Å². The first-order valence-electron chi connectivity index (χ1n) is 4.80. The minimum absolute atomic E-state index is 0.591. The molecule has 0 unspecified atom stereocenters. The number of aliphatic imine (C=N–C) groups is 1. The lowest BCUT2D eigenvalue weighted by molar-refractivity contribution is 0.397. The molecule has 1 rings (SSSR count). The molecule has 1 heterocycles. The third-order valence-corrected chi connectivity index (χ3v) is 2.19. The van der Waals surface area contributed by atoms with E-state index < -0.39 is 0 Å². The van der Waals surface area contributed by atoms with Crippen molar-refractivity contribution >= 4 is 5.84 Å². The molecule has 0 saturated heterocycles. The predicted octanol–water partition coefficient (Wildman–Crippen LogP) is 1.42.